The maximum atomic E-state index is 15.9. The highest BCUT2D eigenvalue weighted by atomic mass is 16.2. The van der Waals surface area contributed by atoms with E-state index in [4.69, 9.17) is 0 Å². The Hall–Kier alpha value is -11.9. The van der Waals surface area contributed by atoms with Gasteiger partial charge in [-0.3, -0.25) is 19.2 Å². The van der Waals surface area contributed by atoms with Crippen molar-refractivity contribution in [1.29, 1.82) is 0 Å². The predicted molar refractivity (Wildman–Crippen MR) is 376 cm³/mol. The molecule has 450 valence electrons. The van der Waals surface area contributed by atoms with Crippen molar-refractivity contribution >= 4 is 103 Å². The largest absolute Gasteiger partial charge is 0.309 e. The third-order valence-corrected chi connectivity index (χ3v) is 20.5. The van der Waals surface area contributed by atoms with Crippen LogP contribution in [0.1, 0.15) is 114 Å². The number of nitrogens with zero attached hydrogens (tertiary/aromatic N) is 6. The molecule has 6 heterocycles. The first kappa shape index (κ1) is 55.0. The van der Waals surface area contributed by atoms with Crippen LogP contribution in [-0.2, 0) is 23.7 Å². The second-order valence-corrected chi connectivity index (χ2v) is 26.2. The Balaban J connectivity index is 0.728. The molecular weight excluding hydrogens is 1160 g/mol. The molecule has 0 bridgehead atoms. The molecule has 0 N–H and O–H groups in total. The van der Waals surface area contributed by atoms with Crippen molar-refractivity contribution < 1.29 is 19.2 Å². The van der Waals surface area contributed by atoms with E-state index in [1.807, 2.05) is 146 Å². The topological polar surface area (TPSA) is 87.7 Å². The van der Waals surface area contributed by atoms with Gasteiger partial charge in [0, 0.05) is 46.4 Å². The van der Waals surface area contributed by atoms with Crippen LogP contribution in [0.2, 0.25) is 0 Å². The van der Waals surface area contributed by atoms with Gasteiger partial charge in [0.05, 0.1) is 79.1 Å². The van der Waals surface area contributed by atoms with Crippen LogP contribution in [0.15, 0.2) is 267 Å². The standard InChI is InChI=1S/C84H60N6O4/c1-83(2)59-25-9-17-33-67(59)89(68-34-18-10-26-60(68)83)73-47-48-74(90-69-35-19-11-27-61(69)84(3,4)62-28-12-20-36-70(62)90)78-77(73)81(93)86(82(78)94)58-43-39-52(40-44-58)51-37-41-57(42-38-51)85-79(91)75-71(87-63-29-13-5-21-53(63)49-54-22-6-14-30-64(54)87)45-46-72(76(75)80(85)92)88-65-31-15-7-23-55(65)50-56-24-8-16-32-66(56)88/h5-48H,49-50H2,1-4H3. The maximum absolute atomic E-state index is 15.9. The fraction of sp³-hybridized carbons (Fsp3) is 0.0952. The minimum atomic E-state index is -0.428. The minimum Gasteiger partial charge on any atom is -0.309 e. The lowest BCUT2D eigenvalue weighted by Gasteiger charge is -2.43. The van der Waals surface area contributed by atoms with Gasteiger partial charge in [0.1, 0.15) is 0 Å². The van der Waals surface area contributed by atoms with E-state index in [2.05, 4.69) is 169 Å². The van der Waals surface area contributed by atoms with Crippen molar-refractivity contribution in [1.82, 2.24) is 0 Å². The van der Waals surface area contributed by atoms with Gasteiger partial charge >= 0.3 is 0 Å². The van der Waals surface area contributed by atoms with Gasteiger partial charge in [-0.15, -0.1) is 0 Å². The average molecular weight is 1220 g/mol. The first-order valence-electron chi connectivity index (χ1n) is 32.1. The van der Waals surface area contributed by atoms with Crippen LogP contribution in [0.5, 0.6) is 0 Å². The normalized spacial score (nSPS) is 15.7. The van der Waals surface area contributed by atoms with E-state index in [0.29, 0.717) is 56.4 Å². The summed E-state index contributed by atoms with van der Waals surface area (Å²) >= 11 is 0. The van der Waals surface area contributed by atoms with Gasteiger partial charge in [0.2, 0.25) is 0 Å². The molecule has 0 spiro atoms. The van der Waals surface area contributed by atoms with Gasteiger partial charge in [-0.2, -0.15) is 0 Å². The van der Waals surface area contributed by atoms with Gasteiger partial charge in [0.15, 0.2) is 0 Å². The number of fused-ring (bicyclic) bond motifs is 10. The molecule has 0 unspecified atom stereocenters. The summed E-state index contributed by atoms with van der Waals surface area (Å²) in [4.78, 5) is 74.7. The van der Waals surface area contributed by atoms with Gasteiger partial charge in [-0.1, -0.05) is 198 Å². The number of hydrogen-bond donors (Lipinski definition) is 0. The molecule has 0 saturated heterocycles. The van der Waals surface area contributed by atoms with Crippen LogP contribution in [0, 0.1) is 0 Å². The van der Waals surface area contributed by atoms with Crippen LogP contribution in [0.4, 0.5) is 79.6 Å². The zero-order valence-corrected chi connectivity index (χ0v) is 52.1. The number of benzene rings is 12. The first-order chi connectivity index (χ1) is 45.9. The van der Waals surface area contributed by atoms with Crippen molar-refractivity contribution in [2.75, 3.05) is 29.4 Å². The monoisotopic (exact) mass is 1220 g/mol. The highest BCUT2D eigenvalue weighted by Gasteiger charge is 2.49. The van der Waals surface area contributed by atoms with E-state index in [9.17, 15) is 0 Å². The molecule has 10 nitrogen and oxygen atoms in total. The van der Waals surface area contributed by atoms with Gasteiger partial charge in [-0.05, 0) is 153 Å². The zero-order chi connectivity index (χ0) is 63.5. The molecule has 0 fully saturated rings. The average Bonchev–Trinajstić information content (AvgIpc) is 1.37. The summed E-state index contributed by atoms with van der Waals surface area (Å²) in [5.41, 5.74) is 21.9. The molecular formula is C84H60N6O4. The third kappa shape index (κ3) is 7.77. The molecule has 0 saturated carbocycles. The quantitative estimate of drug-likeness (QED) is 0.146. The summed E-state index contributed by atoms with van der Waals surface area (Å²) < 4.78 is 0. The smallest absolute Gasteiger partial charge is 0.268 e. The summed E-state index contributed by atoms with van der Waals surface area (Å²) in [7, 11) is 0. The lowest BCUT2D eigenvalue weighted by molar-refractivity contribution is 0.0910. The summed E-state index contributed by atoms with van der Waals surface area (Å²) in [5.74, 6) is -1.70. The number of amides is 4. The molecule has 94 heavy (non-hydrogen) atoms. The predicted octanol–water partition coefficient (Wildman–Crippen LogP) is 19.9. The lowest BCUT2D eigenvalue weighted by Crippen LogP contribution is -2.32. The highest BCUT2D eigenvalue weighted by molar-refractivity contribution is 6.39. The summed E-state index contributed by atoms with van der Waals surface area (Å²) in [5, 5.41) is 0. The van der Waals surface area contributed by atoms with E-state index >= 15 is 19.2 Å². The second kappa shape index (κ2) is 20.3. The van der Waals surface area contributed by atoms with Crippen molar-refractivity contribution in [3.63, 3.8) is 0 Å². The Morgan fingerprint density at radius 3 is 0.691 bits per heavy atom. The van der Waals surface area contributed by atoms with Crippen LogP contribution in [0.3, 0.4) is 0 Å². The number of imide groups is 2. The molecule has 6 aliphatic heterocycles. The van der Waals surface area contributed by atoms with Gasteiger partial charge in [-0.25, -0.2) is 9.80 Å². The molecule has 12 aromatic carbocycles. The fourth-order valence-corrected chi connectivity index (χ4v) is 16.0. The van der Waals surface area contributed by atoms with Crippen LogP contribution in [-0.4, -0.2) is 23.6 Å². The van der Waals surface area contributed by atoms with E-state index in [0.717, 1.165) is 114 Å². The van der Waals surface area contributed by atoms with E-state index in [1.54, 1.807) is 0 Å². The third-order valence-electron chi connectivity index (χ3n) is 20.5. The van der Waals surface area contributed by atoms with Crippen molar-refractivity contribution in [3.8, 4) is 11.1 Å². The number of anilines is 14. The molecule has 6 aliphatic rings. The lowest BCUT2D eigenvalue weighted by atomic mass is 9.73. The Morgan fingerprint density at radius 2 is 0.436 bits per heavy atom. The molecule has 10 heteroatoms. The number of carbonyl (C=O) groups excluding carboxylic acids is 4. The molecule has 0 radical (unpaired) electrons. The molecule has 4 amide bonds. The number of para-hydroxylation sites is 8. The van der Waals surface area contributed by atoms with Gasteiger partial charge < -0.3 is 19.6 Å². The number of rotatable bonds is 7. The van der Waals surface area contributed by atoms with Crippen LogP contribution >= 0.6 is 0 Å². The van der Waals surface area contributed by atoms with E-state index in [1.165, 1.54) is 9.80 Å². The Bertz CT molecular complexity index is 4830. The summed E-state index contributed by atoms with van der Waals surface area (Å²) in [6, 6.07) is 89.5. The Kier molecular flexibility index (Phi) is 11.9. The maximum Gasteiger partial charge on any atom is 0.268 e. The summed E-state index contributed by atoms with van der Waals surface area (Å²) in [6.45, 7) is 8.94. The molecule has 0 aliphatic carbocycles. The fourth-order valence-electron chi connectivity index (χ4n) is 16.0. The highest BCUT2D eigenvalue weighted by Crippen LogP contribution is 2.58. The number of hydrogen-bond acceptors (Lipinski definition) is 8. The molecule has 18 rings (SSSR count). The Morgan fingerprint density at radius 1 is 0.223 bits per heavy atom. The van der Waals surface area contributed by atoms with Gasteiger partial charge in [0.25, 0.3) is 23.6 Å². The molecule has 12 aromatic rings. The minimum absolute atomic E-state index is 0.315. The zero-order valence-electron chi connectivity index (χ0n) is 52.1. The van der Waals surface area contributed by atoms with Crippen LogP contribution in [0.25, 0.3) is 11.1 Å². The Labute approximate surface area is 545 Å². The first-order valence-corrected chi connectivity index (χ1v) is 32.1. The van der Waals surface area contributed by atoms with E-state index in [-0.39, 0.29) is 10.8 Å². The van der Waals surface area contributed by atoms with Crippen molar-refractivity contribution in [2.24, 2.45) is 0 Å². The molecule has 0 aromatic heterocycles. The number of carbonyl (C=O) groups is 4. The van der Waals surface area contributed by atoms with Crippen molar-refractivity contribution in [3.05, 3.63) is 334 Å². The second-order valence-electron chi connectivity index (χ2n) is 26.2. The summed E-state index contributed by atoms with van der Waals surface area (Å²) in [6.07, 6.45) is 1.46. The van der Waals surface area contributed by atoms with E-state index < -0.39 is 23.6 Å². The molecule has 0 atom stereocenters. The SMILES string of the molecule is CC1(C)c2ccccc2N(c2ccc(N3c4ccccc4C(C)(C)c4ccccc43)c3c2C(=O)N(c2ccc(-c4ccc(N5C(=O)c6c(N7c8ccccc8Cc8ccccc87)ccc(N7c8ccccc8Cc8ccccc87)c6C5=O)cc4)cc2)C3=O)c2ccccc21. The van der Waals surface area contributed by atoms with Crippen molar-refractivity contribution in [2.45, 2.75) is 51.4 Å². The van der Waals surface area contributed by atoms with Crippen LogP contribution < -0.4 is 29.4 Å².